The van der Waals surface area contributed by atoms with E-state index in [1.54, 1.807) is 13.0 Å². The van der Waals surface area contributed by atoms with Crippen molar-refractivity contribution in [2.75, 3.05) is 25.2 Å². The molecule has 0 heterocycles. The fourth-order valence-corrected chi connectivity index (χ4v) is 2.34. The van der Waals surface area contributed by atoms with Gasteiger partial charge in [-0.3, -0.25) is 10.1 Å². The van der Waals surface area contributed by atoms with Crippen LogP contribution in [-0.4, -0.2) is 38.5 Å². The second kappa shape index (κ2) is 7.20. The second-order valence-corrected chi connectivity index (χ2v) is 6.65. The average molecular weight is 302 g/mol. The number of hydrogen-bond donors (Lipinski definition) is 1. The molecule has 1 N–H and O–H groups in total. The summed E-state index contributed by atoms with van der Waals surface area (Å²) in [6.07, 6.45) is 0. The predicted molar refractivity (Wildman–Crippen MR) is 75.7 cm³/mol. The predicted octanol–water partition coefficient (Wildman–Crippen LogP) is 1.13. The van der Waals surface area contributed by atoms with E-state index in [0.29, 0.717) is 18.7 Å². The van der Waals surface area contributed by atoms with Crippen LogP contribution in [0.4, 0.5) is 5.69 Å². The Labute approximate surface area is 118 Å². The SMILES string of the molecule is CCS(=O)(=O)CCNCc1ccc(OC)c([N+](=O)[O-])c1. The molecule has 1 aromatic rings. The number of benzene rings is 1. The number of rotatable bonds is 8. The number of hydrogen-bond acceptors (Lipinski definition) is 6. The van der Waals surface area contributed by atoms with Crippen LogP contribution in [0.2, 0.25) is 0 Å². The lowest BCUT2D eigenvalue weighted by Gasteiger charge is -2.07. The molecule has 0 fully saturated rings. The van der Waals surface area contributed by atoms with Gasteiger partial charge in [-0.2, -0.15) is 0 Å². The van der Waals surface area contributed by atoms with E-state index in [1.165, 1.54) is 19.2 Å². The lowest BCUT2D eigenvalue weighted by atomic mass is 10.2. The van der Waals surface area contributed by atoms with Crippen molar-refractivity contribution in [2.24, 2.45) is 0 Å². The summed E-state index contributed by atoms with van der Waals surface area (Å²) in [5.41, 5.74) is 0.597. The summed E-state index contributed by atoms with van der Waals surface area (Å²) in [5.74, 6) is 0.372. The van der Waals surface area contributed by atoms with Gasteiger partial charge in [0.15, 0.2) is 15.6 Å². The molecule has 0 saturated carbocycles. The average Bonchev–Trinajstić information content (AvgIpc) is 2.43. The van der Waals surface area contributed by atoms with Crippen molar-refractivity contribution in [3.8, 4) is 5.75 Å². The highest BCUT2D eigenvalue weighted by molar-refractivity contribution is 7.91. The molecule has 0 aliphatic carbocycles. The first-order valence-electron chi connectivity index (χ1n) is 6.12. The summed E-state index contributed by atoms with van der Waals surface area (Å²) < 4.78 is 27.5. The van der Waals surface area contributed by atoms with Gasteiger partial charge in [-0.05, 0) is 11.6 Å². The van der Waals surface area contributed by atoms with E-state index in [9.17, 15) is 18.5 Å². The molecule has 0 atom stereocenters. The first kappa shape index (κ1) is 16.4. The molecular weight excluding hydrogens is 284 g/mol. The molecule has 1 aromatic carbocycles. The Morgan fingerprint density at radius 1 is 1.40 bits per heavy atom. The molecule has 0 spiro atoms. The molecule has 20 heavy (non-hydrogen) atoms. The van der Waals surface area contributed by atoms with Crippen LogP contribution in [0.1, 0.15) is 12.5 Å². The Hall–Kier alpha value is -1.67. The van der Waals surface area contributed by atoms with Crippen molar-refractivity contribution in [2.45, 2.75) is 13.5 Å². The van der Waals surface area contributed by atoms with Gasteiger partial charge in [-0.15, -0.1) is 0 Å². The van der Waals surface area contributed by atoms with Gasteiger partial charge >= 0.3 is 5.69 Å². The monoisotopic (exact) mass is 302 g/mol. The number of ether oxygens (including phenoxy) is 1. The number of methoxy groups -OCH3 is 1. The summed E-state index contributed by atoms with van der Waals surface area (Å²) >= 11 is 0. The van der Waals surface area contributed by atoms with Gasteiger partial charge in [0.2, 0.25) is 0 Å². The van der Waals surface area contributed by atoms with Crippen molar-refractivity contribution in [1.29, 1.82) is 0 Å². The van der Waals surface area contributed by atoms with Crippen molar-refractivity contribution in [3.63, 3.8) is 0 Å². The van der Waals surface area contributed by atoms with Gasteiger partial charge in [-0.25, -0.2) is 8.42 Å². The molecule has 0 aliphatic heterocycles. The Kier molecular flexibility index (Phi) is 5.90. The normalized spacial score (nSPS) is 11.3. The third-order valence-corrected chi connectivity index (χ3v) is 4.50. The minimum atomic E-state index is -3.00. The Balaban J connectivity index is 2.61. The summed E-state index contributed by atoms with van der Waals surface area (Å²) in [4.78, 5) is 10.3. The number of nitro groups is 1. The van der Waals surface area contributed by atoms with Crippen LogP contribution in [-0.2, 0) is 16.4 Å². The van der Waals surface area contributed by atoms with E-state index in [2.05, 4.69) is 5.32 Å². The van der Waals surface area contributed by atoms with Crippen LogP contribution in [0.3, 0.4) is 0 Å². The van der Waals surface area contributed by atoms with Crippen LogP contribution < -0.4 is 10.1 Å². The summed E-state index contributed by atoms with van der Waals surface area (Å²) in [6, 6.07) is 4.64. The minimum Gasteiger partial charge on any atom is -0.490 e. The van der Waals surface area contributed by atoms with E-state index in [1.807, 2.05) is 0 Å². The minimum absolute atomic E-state index is 0.0573. The van der Waals surface area contributed by atoms with Crippen LogP contribution in [0.15, 0.2) is 18.2 Å². The molecule has 0 amide bonds. The van der Waals surface area contributed by atoms with E-state index in [0.717, 1.165) is 0 Å². The number of nitrogens with one attached hydrogen (secondary N) is 1. The van der Waals surface area contributed by atoms with Gasteiger partial charge < -0.3 is 10.1 Å². The maximum Gasteiger partial charge on any atom is 0.311 e. The van der Waals surface area contributed by atoms with E-state index < -0.39 is 14.8 Å². The smallest absolute Gasteiger partial charge is 0.311 e. The highest BCUT2D eigenvalue weighted by Gasteiger charge is 2.15. The van der Waals surface area contributed by atoms with Crippen LogP contribution >= 0.6 is 0 Å². The highest BCUT2D eigenvalue weighted by atomic mass is 32.2. The van der Waals surface area contributed by atoms with E-state index in [4.69, 9.17) is 4.74 Å². The summed E-state index contributed by atoms with van der Waals surface area (Å²) in [5, 5.41) is 13.8. The van der Waals surface area contributed by atoms with Crippen LogP contribution in [0.25, 0.3) is 0 Å². The molecule has 8 heteroatoms. The molecule has 0 aliphatic rings. The molecule has 0 aromatic heterocycles. The van der Waals surface area contributed by atoms with Crippen LogP contribution in [0.5, 0.6) is 5.75 Å². The van der Waals surface area contributed by atoms with Gasteiger partial charge in [0.25, 0.3) is 0 Å². The highest BCUT2D eigenvalue weighted by Crippen LogP contribution is 2.27. The Bertz CT molecular complexity index is 571. The molecule has 1 rings (SSSR count). The topological polar surface area (TPSA) is 98.5 Å². The summed E-state index contributed by atoms with van der Waals surface area (Å²) in [6.45, 7) is 2.28. The molecule has 0 saturated heterocycles. The molecule has 0 unspecified atom stereocenters. The quantitative estimate of drug-likeness (QED) is 0.439. The molecular formula is C12H18N2O5S. The number of nitrogens with zero attached hydrogens (tertiary/aromatic N) is 1. The Morgan fingerprint density at radius 2 is 2.10 bits per heavy atom. The number of sulfone groups is 1. The summed E-state index contributed by atoms with van der Waals surface area (Å²) in [7, 11) is -1.63. The number of nitro benzene ring substituents is 1. The lowest BCUT2D eigenvalue weighted by molar-refractivity contribution is -0.385. The third kappa shape index (κ3) is 4.78. The first-order chi connectivity index (χ1) is 9.39. The maximum absolute atomic E-state index is 11.3. The van der Waals surface area contributed by atoms with Gasteiger partial charge in [0, 0.05) is 24.9 Å². The van der Waals surface area contributed by atoms with Crippen molar-refractivity contribution < 1.29 is 18.1 Å². The largest absolute Gasteiger partial charge is 0.490 e. The fraction of sp³-hybridized carbons (Fsp3) is 0.500. The zero-order valence-corrected chi connectivity index (χ0v) is 12.3. The van der Waals surface area contributed by atoms with Crippen molar-refractivity contribution in [1.82, 2.24) is 5.32 Å². The van der Waals surface area contributed by atoms with Crippen molar-refractivity contribution >= 4 is 15.5 Å². The van der Waals surface area contributed by atoms with Gasteiger partial charge in [0.1, 0.15) is 0 Å². The first-order valence-corrected chi connectivity index (χ1v) is 7.94. The molecule has 0 radical (unpaired) electrons. The van der Waals surface area contributed by atoms with Gasteiger partial charge in [-0.1, -0.05) is 13.0 Å². The maximum atomic E-state index is 11.3. The molecule has 0 bridgehead atoms. The zero-order valence-electron chi connectivity index (χ0n) is 11.5. The zero-order chi connectivity index (χ0) is 15.2. The van der Waals surface area contributed by atoms with E-state index >= 15 is 0 Å². The Morgan fingerprint density at radius 3 is 2.65 bits per heavy atom. The van der Waals surface area contributed by atoms with Crippen LogP contribution in [0, 0.1) is 10.1 Å². The van der Waals surface area contributed by atoms with E-state index in [-0.39, 0.29) is 22.9 Å². The second-order valence-electron chi connectivity index (χ2n) is 4.18. The lowest BCUT2D eigenvalue weighted by Crippen LogP contribution is -2.23. The third-order valence-electron chi connectivity index (χ3n) is 2.80. The molecule has 112 valence electrons. The molecule has 7 nitrogen and oxygen atoms in total. The van der Waals surface area contributed by atoms with Crippen molar-refractivity contribution in [3.05, 3.63) is 33.9 Å². The standard InChI is InChI=1S/C12H18N2O5S/c1-3-20(17,18)7-6-13-9-10-4-5-12(19-2)11(8-10)14(15)16/h4-5,8,13H,3,6-7,9H2,1-2H3. The fourth-order valence-electron chi connectivity index (χ4n) is 1.59. The van der Waals surface area contributed by atoms with Gasteiger partial charge in [0.05, 0.1) is 17.8 Å².